The third kappa shape index (κ3) is 27.9. The first kappa shape index (κ1) is 56.1. The second kappa shape index (κ2) is 38.7. The van der Waals surface area contributed by atoms with Gasteiger partial charge in [-0.2, -0.15) is 0 Å². The van der Waals surface area contributed by atoms with E-state index in [2.05, 4.69) is 67.8 Å². The molecule has 0 bridgehead atoms. The van der Waals surface area contributed by atoms with Gasteiger partial charge >= 0.3 is 0 Å². The molecule has 60 heavy (non-hydrogen) atoms. The average Bonchev–Trinajstić information content (AvgIpc) is 3.25. The molecule has 1 amide bonds. The van der Waals surface area contributed by atoms with Gasteiger partial charge in [0, 0.05) is 0 Å². The van der Waals surface area contributed by atoms with Crippen molar-refractivity contribution in [2.45, 2.75) is 242 Å². The van der Waals surface area contributed by atoms with Gasteiger partial charge in [-0.3, -0.25) is 4.79 Å². The Morgan fingerprint density at radius 1 is 0.567 bits per heavy atom. The molecule has 0 aromatic carbocycles. The summed E-state index contributed by atoms with van der Waals surface area (Å²) in [5.41, 5.74) is 0. The summed E-state index contributed by atoms with van der Waals surface area (Å²) in [4.78, 5) is 13.1. The predicted octanol–water partition coefficient (Wildman–Crippen LogP) is 8.17. The molecule has 1 aliphatic heterocycles. The molecule has 8 N–H and O–H groups in total. The summed E-state index contributed by atoms with van der Waals surface area (Å²) >= 11 is 0. The molecule has 0 aromatic heterocycles. The SMILES string of the molecule is CCCCCC/C=C/CC/C=C/CC/C=C/CCCC(O)C(O)C(COC1OC(CO)C(O)C(O)C1O)NC(=O)C(O)CCCCCCCC/C=C\CCCCCCCC. The molecular weight excluding hydrogens is 763 g/mol. The molecule has 1 heterocycles. The zero-order valence-corrected chi connectivity index (χ0v) is 37.7. The topological polar surface area (TPSA) is 189 Å². The number of carbonyl (C=O) groups is 1. The van der Waals surface area contributed by atoms with Gasteiger partial charge in [-0.1, -0.05) is 146 Å². The van der Waals surface area contributed by atoms with E-state index >= 15 is 0 Å². The van der Waals surface area contributed by atoms with E-state index in [1.165, 1.54) is 77.0 Å². The summed E-state index contributed by atoms with van der Waals surface area (Å²) in [7, 11) is 0. The Hall–Kier alpha value is -1.93. The van der Waals surface area contributed by atoms with E-state index in [0.29, 0.717) is 19.3 Å². The van der Waals surface area contributed by atoms with Crippen LogP contribution in [0.1, 0.15) is 187 Å². The minimum absolute atomic E-state index is 0.238. The molecule has 350 valence electrons. The normalized spacial score (nSPS) is 22.1. The van der Waals surface area contributed by atoms with Crippen molar-refractivity contribution < 1.29 is 50.0 Å². The summed E-state index contributed by atoms with van der Waals surface area (Å²) < 4.78 is 11.1. The average molecular weight is 852 g/mol. The number of allylic oxidation sites excluding steroid dienone is 8. The molecular formula is C49H89NO10. The van der Waals surface area contributed by atoms with Crippen molar-refractivity contribution in [2.75, 3.05) is 13.2 Å². The lowest BCUT2D eigenvalue weighted by Crippen LogP contribution is -2.60. The predicted molar refractivity (Wildman–Crippen MR) is 242 cm³/mol. The standard InChI is InChI=1S/C49H89NO10/c1-3-5-7-9-11-13-15-17-19-21-23-24-26-28-30-32-34-36-41(52)44(54)40(39-59-49-47(57)46(56)45(55)43(38-51)60-49)50-48(58)42(53)37-35-33-31-29-27-25-22-20-18-16-14-12-10-8-6-4-2/h13,15,18,20-21,23,28,30,40-47,49,51-57H,3-12,14,16-17,19,22,24-27,29,31-39H2,1-2H3,(H,50,58)/b15-13+,20-18-,23-21+,30-28+. The molecule has 1 fully saturated rings. The highest BCUT2D eigenvalue weighted by Crippen LogP contribution is 2.23. The first-order valence-corrected chi connectivity index (χ1v) is 24.0. The van der Waals surface area contributed by atoms with Crippen molar-refractivity contribution in [2.24, 2.45) is 0 Å². The highest BCUT2D eigenvalue weighted by atomic mass is 16.7. The third-order valence-electron chi connectivity index (χ3n) is 11.3. The molecule has 0 spiro atoms. The molecule has 9 unspecified atom stereocenters. The molecule has 1 saturated heterocycles. The summed E-state index contributed by atoms with van der Waals surface area (Å²) in [6.07, 6.45) is 34.4. The number of aliphatic hydroxyl groups excluding tert-OH is 7. The maximum atomic E-state index is 13.1. The van der Waals surface area contributed by atoms with Crippen molar-refractivity contribution in [1.82, 2.24) is 5.32 Å². The number of ether oxygens (including phenoxy) is 2. The van der Waals surface area contributed by atoms with Crippen LogP contribution in [0.5, 0.6) is 0 Å². The summed E-state index contributed by atoms with van der Waals surface area (Å²) in [5, 5.41) is 75.7. The van der Waals surface area contributed by atoms with Crippen LogP contribution in [0.3, 0.4) is 0 Å². The maximum absolute atomic E-state index is 13.1. The number of rotatable bonds is 39. The molecule has 0 aliphatic carbocycles. The molecule has 11 heteroatoms. The number of hydrogen-bond acceptors (Lipinski definition) is 10. The fourth-order valence-electron chi connectivity index (χ4n) is 7.29. The highest BCUT2D eigenvalue weighted by Gasteiger charge is 2.44. The van der Waals surface area contributed by atoms with Gasteiger partial charge in [-0.05, 0) is 89.9 Å². The van der Waals surface area contributed by atoms with Gasteiger partial charge in [0.15, 0.2) is 6.29 Å². The fraction of sp³-hybridized carbons (Fsp3) is 0.816. The second-order valence-corrected chi connectivity index (χ2v) is 16.8. The second-order valence-electron chi connectivity index (χ2n) is 16.8. The first-order valence-electron chi connectivity index (χ1n) is 24.0. The first-order chi connectivity index (χ1) is 29.2. The van der Waals surface area contributed by atoms with Crippen LogP contribution in [0.4, 0.5) is 0 Å². The summed E-state index contributed by atoms with van der Waals surface area (Å²) in [6.45, 7) is 3.38. The van der Waals surface area contributed by atoms with Crippen LogP contribution in [0.25, 0.3) is 0 Å². The number of amides is 1. The minimum atomic E-state index is -1.67. The molecule has 0 aromatic rings. The van der Waals surface area contributed by atoms with Gasteiger partial charge < -0.3 is 50.5 Å². The zero-order valence-electron chi connectivity index (χ0n) is 37.7. The van der Waals surface area contributed by atoms with Crippen LogP contribution in [-0.4, -0.2) is 110 Å². The highest BCUT2D eigenvalue weighted by molar-refractivity contribution is 5.80. The Morgan fingerprint density at radius 2 is 1.00 bits per heavy atom. The smallest absolute Gasteiger partial charge is 0.249 e. The monoisotopic (exact) mass is 852 g/mol. The van der Waals surface area contributed by atoms with Crippen molar-refractivity contribution in [3.63, 3.8) is 0 Å². The van der Waals surface area contributed by atoms with Gasteiger partial charge in [-0.25, -0.2) is 0 Å². The van der Waals surface area contributed by atoms with E-state index < -0.39 is 74.2 Å². The number of carbonyl (C=O) groups excluding carboxylic acids is 1. The largest absolute Gasteiger partial charge is 0.394 e. The number of unbranched alkanes of at least 4 members (excludes halogenated alkanes) is 19. The molecule has 1 aliphatic rings. The van der Waals surface area contributed by atoms with Gasteiger partial charge in [0.05, 0.1) is 25.4 Å². The van der Waals surface area contributed by atoms with Crippen molar-refractivity contribution in [1.29, 1.82) is 0 Å². The lowest BCUT2D eigenvalue weighted by molar-refractivity contribution is -0.303. The van der Waals surface area contributed by atoms with E-state index in [-0.39, 0.29) is 12.8 Å². The zero-order chi connectivity index (χ0) is 44.1. The van der Waals surface area contributed by atoms with Crippen molar-refractivity contribution in [3.8, 4) is 0 Å². The van der Waals surface area contributed by atoms with Crippen LogP contribution in [-0.2, 0) is 14.3 Å². The van der Waals surface area contributed by atoms with Crippen LogP contribution in [0.15, 0.2) is 48.6 Å². The number of nitrogens with one attached hydrogen (secondary N) is 1. The Morgan fingerprint density at radius 3 is 1.50 bits per heavy atom. The van der Waals surface area contributed by atoms with Crippen molar-refractivity contribution >= 4 is 5.91 Å². The Labute approximate surface area is 364 Å². The van der Waals surface area contributed by atoms with Gasteiger partial charge in [0.1, 0.15) is 36.6 Å². The Kier molecular flexibility index (Phi) is 36.2. The summed E-state index contributed by atoms with van der Waals surface area (Å²) in [5.74, 6) is -0.720. The van der Waals surface area contributed by atoms with Crippen LogP contribution >= 0.6 is 0 Å². The maximum Gasteiger partial charge on any atom is 0.249 e. The van der Waals surface area contributed by atoms with Crippen molar-refractivity contribution in [3.05, 3.63) is 48.6 Å². The van der Waals surface area contributed by atoms with E-state index in [9.17, 15) is 40.5 Å². The van der Waals surface area contributed by atoms with E-state index in [1.54, 1.807) is 0 Å². The minimum Gasteiger partial charge on any atom is -0.394 e. The number of hydrogen-bond donors (Lipinski definition) is 8. The molecule has 11 nitrogen and oxygen atoms in total. The quantitative estimate of drug-likeness (QED) is 0.0221. The van der Waals surface area contributed by atoms with E-state index in [0.717, 1.165) is 64.2 Å². The third-order valence-corrected chi connectivity index (χ3v) is 11.3. The Balaban J connectivity index is 2.49. The van der Waals surface area contributed by atoms with Gasteiger partial charge in [0.2, 0.25) is 5.91 Å². The number of aliphatic hydroxyl groups is 7. The van der Waals surface area contributed by atoms with E-state index in [4.69, 9.17) is 9.47 Å². The molecule has 1 rings (SSSR count). The molecule has 0 saturated carbocycles. The van der Waals surface area contributed by atoms with Gasteiger partial charge in [-0.15, -0.1) is 0 Å². The molecule has 9 atom stereocenters. The van der Waals surface area contributed by atoms with Crippen LogP contribution < -0.4 is 5.32 Å². The Bertz CT molecular complexity index is 1110. The van der Waals surface area contributed by atoms with Crippen LogP contribution in [0.2, 0.25) is 0 Å². The lowest BCUT2D eigenvalue weighted by atomic mass is 9.98. The molecule has 0 radical (unpaired) electrons. The van der Waals surface area contributed by atoms with Crippen LogP contribution in [0, 0.1) is 0 Å². The lowest BCUT2D eigenvalue weighted by Gasteiger charge is -2.40. The van der Waals surface area contributed by atoms with Gasteiger partial charge in [0.25, 0.3) is 0 Å². The fourth-order valence-corrected chi connectivity index (χ4v) is 7.29. The van der Waals surface area contributed by atoms with E-state index in [1.807, 2.05) is 0 Å². The summed E-state index contributed by atoms with van der Waals surface area (Å²) in [6, 6.07) is -1.20.